The van der Waals surface area contributed by atoms with Crippen molar-refractivity contribution in [3.63, 3.8) is 0 Å². The van der Waals surface area contributed by atoms with Crippen LogP contribution >= 0.6 is 0 Å². The summed E-state index contributed by atoms with van der Waals surface area (Å²) in [6, 6.07) is 0. The number of rotatable bonds is 2. The molecular formula is C16H31NO. The molecule has 1 aliphatic carbocycles. The molecular weight excluding hydrogens is 222 g/mol. The molecule has 0 aromatic heterocycles. The van der Waals surface area contributed by atoms with Crippen molar-refractivity contribution in [1.82, 2.24) is 4.90 Å². The highest BCUT2D eigenvalue weighted by atomic mass is 16.3. The third-order valence-corrected chi connectivity index (χ3v) is 3.16. The van der Waals surface area contributed by atoms with E-state index in [1.807, 2.05) is 27.7 Å². The van der Waals surface area contributed by atoms with Gasteiger partial charge in [0.05, 0.1) is 6.10 Å². The highest BCUT2D eigenvalue weighted by Gasteiger charge is 2.21. The minimum Gasteiger partial charge on any atom is -0.392 e. The molecule has 0 amide bonds. The molecule has 1 atom stereocenters. The summed E-state index contributed by atoms with van der Waals surface area (Å²) in [5.41, 5.74) is 2.89. The summed E-state index contributed by atoms with van der Waals surface area (Å²) < 4.78 is 0. The predicted octanol–water partition coefficient (Wildman–Crippen LogP) is 3.77. The molecule has 2 nitrogen and oxygen atoms in total. The Bertz CT molecular complexity index is 268. The summed E-state index contributed by atoms with van der Waals surface area (Å²) in [4.78, 5) is 2.35. The Hall–Kier alpha value is -0.600. The highest BCUT2D eigenvalue weighted by molar-refractivity contribution is 5.33. The van der Waals surface area contributed by atoms with E-state index in [2.05, 4.69) is 24.0 Å². The molecule has 1 unspecified atom stereocenters. The number of hydrogen-bond acceptors (Lipinski definition) is 2. The molecule has 0 bridgehead atoms. The van der Waals surface area contributed by atoms with E-state index >= 15 is 0 Å². The third-order valence-electron chi connectivity index (χ3n) is 3.16. The lowest BCUT2D eigenvalue weighted by Crippen LogP contribution is -2.25. The van der Waals surface area contributed by atoms with Crippen LogP contribution < -0.4 is 0 Å². The monoisotopic (exact) mass is 253 g/mol. The number of β-amino-alcohol motifs (C(OH)–C–C–N with tert-alkyl or cyclic N) is 1. The molecule has 1 aliphatic heterocycles. The Morgan fingerprint density at radius 2 is 1.78 bits per heavy atom. The van der Waals surface area contributed by atoms with Gasteiger partial charge in [0.15, 0.2) is 0 Å². The van der Waals surface area contributed by atoms with Gasteiger partial charge >= 0.3 is 0 Å². The second-order valence-electron chi connectivity index (χ2n) is 4.37. The summed E-state index contributed by atoms with van der Waals surface area (Å²) in [5.74, 6) is 0. The van der Waals surface area contributed by atoms with Crippen LogP contribution in [0.4, 0.5) is 0 Å². The van der Waals surface area contributed by atoms with Crippen LogP contribution in [0, 0.1) is 0 Å². The predicted molar refractivity (Wildman–Crippen MR) is 80.8 cm³/mol. The van der Waals surface area contributed by atoms with Gasteiger partial charge in [0.25, 0.3) is 0 Å². The Morgan fingerprint density at radius 1 is 1.17 bits per heavy atom. The minimum atomic E-state index is -0.0940. The van der Waals surface area contributed by atoms with E-state index in [0.29, 0.717) is 0 Å². The molecule has 0 radical (unpaired) electrons. The number of aliphatic hydroxyl groups is 1. The molecule has 1 saturated heterocycles. The highest BCUT2D eigenvalue weighted by Crippen LogP contribution is 2.20. The van der Waals surface area contributed by atoms with Crippen LogP contribution in [0.1, 0.15) is 53.9 Å². The lowest BCUT2D eigenvalue weighted by molar-refractivity contribution is 0.179. The maximum Gasteiger partial charge on any atom is 0.0679 e. The van der Waals surface area contributed by atoms with Gasteiger partial charge in [-0.15, -0.1) is 0 Å². The van der Waals surface area contributed by atoms with Crippen molar-refractivity contribution in [2.45, 2.75) is 60.0 Å². The van der Waals surface area contributed by atoms with E-state index in [1.54, 1.807) is 0 Å². The maximum atomic E-state index is 9.42. The van der Waals surface area contributed by atoms with Crippen molar-refractivity contribution in [2.24, 2.45) is 0 Å². The summed E-state index contributed by atoms with van der Waals surface area (Å²) >= 11 is 0. The van der Waals surface area contributed by atoms with Gasteiger partial charge in [-0.05, 0) is 31.8 Å². The smallest absolute Gasteiger partial charge is 0.0679 e. The second-order valence-corrected chi connectivity index (χ2v) is 4.37. The van der Waals surface area contributed by atoms with Crippen LogP contribution in [0.5, 0.6) is 0 Å². The van der Waals surface area contributed by atoms with Crippen LogP contribution in [0.25, 0.3) is 0 Å². The van der Waals surface area contributed by atoms with E-state index in [0.717, 1.165) is 26.1 Å². The number of likely N-dealkylation sites (tertiary alicyclic amines) is 1. The Labute approximate surface area is 113 Å². The van der Waals surface area contributed by atoms with Crippen molar-refractivity contribution in [1.29, 1.82) is 0 Å². The van der Waals surface area contributed by atoms with E-state index in [9.17, 15) is 5.11 Å². The topological polar surface area (TPSA) is 23.5 Å². The molecule has 2 rings (SSSR count). The number of hydrogen-bond donors (Lipinski definition) is 1. The molecule has 106 valence electrons. The SMILES string of the molecule is CC.CC.CC1=CCCC=C1CN1CCC(O)C1. The summed E-state index contributed by atoms with van der Waals surface area (Å²) in [6.07, 6.45) is 7.89. The summed E-state index contributed by atoms with van der Waals surface area (Å²) in [5, 5.41) is 9.42. The zero-order valence-electron chi connectivity index (χ0n) is 12.9. The molecule has 0 aromatic carbocycles. The van der Waals surface area contributed by atoms with E-state index in [1.165, 1.54) is 24.0 Å². The summed E-state index contributed by atoms with van der Waals surface area (Å²) in [6.45, 7) is 13.1. The van der Waals surface area contributed by atoms with E-state index in [4.69, 9.17) is 0 Å². The zero-order chi connectivity index (χ0) is 14.0. The van der Waals surface area contributed by atoms with Crippen LogP contribution in [0.2, 0.25) is 0 Å². The van der Waals surface area contributed by atoms with Crippen molar-refractivity contribution >= 4 is 0 Å². The Balaban J connectivity index is 0.000000659. The fourth-order valence-corrected chi connectivity index (χ4v) is 2.24. The first-order valence-corrected chi connectivity index (χ1v) is 7.52. The molecule has 2 aliphatic rings. The molecule has 0 spiro atoms. The Morgan fingerprint density at radius 3 is 2.28 bits per heavy atom. The van der Waals surface area contributed by atoms with Gasteiger partial charge in [-0.25, -0.2) is 0 Å². The third kappa shape index (κ3) is 5.83. The molecule has 1 heterocycles. The molecule has 0 saturated carbocycles. The van der Waals surface area contributed by atoms with Gasteiger partial charge in [0.1, 0.15) is 0 Å². The van der Waals surface area contributed by atoms with E-state index < -0.39 is 0 Å². The molecule has 2 heteroatoms. The molecule has 1 N–H and O–H groups in total. The second kappa shape index (κ2) is 10.3. The van der Waals surface area contributed by atoms with Crippen molar-refractivity contribution in [3.05, 3.63) is 23.3 Å². The fraction of sp³-hybridized carbons (Fsp3) is 0.750. The van der Waals surface area contributed by atoms with Crippen LogP contribution in [0.3, 0.4) is 0 Å². The quantitative estimate of drug-likeness (QED) is 0.809. The minimum absolute atomic E-state index is 0.0940. The average molecular weight is 253 g/mol. The Kier molecular flexibility index (Phi) is 9.99. The van der Waals surface area contributed by atoms with Gasteiger partial charge in [0, 0.05) is 19.6 Å². The first kappa shape index (κ1) is 17.4. The molecule has 1 fully saturated rings. The van der Waals surface area contributed by atoms with E-state index in [-0.39, 0.29) is 6.10 Å². The largest absolute Gasteiger partial charge is 0.392 e. The molecule has 0 aromatic rings. The standard InChI is InChI=1S/C12H19NO.2C2H6/c1-10-4-2-3-5-11(10)8-13-7-6-12(14)9-13;2*1-2/h4-5,12,14H,2-3,6-9H2,1H3;2*1-2H3. The van der Waals surface area contributed by atoms with Gasteiger partial charge in [-0.3, -0.25) is 4.90 Å². The maximum absolute atomic E-state index is 9.42. The number of allylic oxidation sites excluding steroid dienone is 2. The van der Waals surface area contributed by atoms with Gasteiger partial charge in [-0.2, -0.15) is 0 Å². The van der Waals surface area contributed by atoms with Crippen molar-refractivity contribution in [3.8, 4) is 0 Å². The van der Waals surface area contributed by atoms with Crippen LogP contribution in [0.15, 0.2) is 23.3 Å². The zero-order valence-corrected chi connectivity index (χ0v) is 12.9. The van der Waals surface area contributed by atoms with Gasteiger partial charge < -0.3 is 5.11 Å². The van der Waals surface area contributed by atoms with Gasteiger partial charge in [0.2, 0.25) is 0 Å². The number of nitrogens with zero attached hydrogens (tertiary/aromatic N) is 1. The van der Waals surface area contributed by atoms with Crippen LogP contribution in [-0.4, -0.2) is 35.7 Å². The van der Waals surface area contributed by atoms with Crippen molar-refractivity contribution in [2.75, 3.05) is 19.6 Å². The van der Waals surface area contributed by atoms with Crippen LogP contribution in [-0.2, 0) is 0 Å². The van der Waals surface area contributed by atoms with Gasteiger partial charge in [-0.1, -0.05) is 45.4 Å². The first-order chi connectivity index (χ1) is 8.75. The summed E-state index contributed by atoms with van der Waals surface area (Å²) in [7, 11) is 0. The lowest BCUT2D eigenvalue weighted by atomic mass is 9.99. The normalized spacial score (nSPS) is 23.1. The average Bonchev–Trinajstić information content (AvgIpc) is 2.83. The lowest BCUT2D eigenvalue weighted by Gasteiger charge is -2.20. The number of aliphatic hydroxyl groups excluding tert-OH is 1. The van der Waals surface area contributed by atoms with Crippen molar-refractivity contribution < 1.29 is 5.11 Å². The molecule has 18 heavy (non-hydrogen) atoms. The first-order valence-electron chi connectivity index (χ1n) is 7.52. The fourth-order valence-electron chi connectivity index (χ4n) is 2.24.